The van der Waals surface area contributed by atoms with Gasteiger partial charge in [0.15, 0.2) is 5.52 Å². The van der Waals surface area contributed by atoms with Gasteiger partial charge in [0.05, 0.1) is 16.6 Å². The van der Waals surface area contributed by atoms with Crippen molar-refractivity contribution in [1.82, 2.24) is 14.8 Å². The number of hydrogen-bond acceptors (Lipinski definition) is 4. The van der Waals surface area contributed by atoms with Crippen LogP contribution in [-0.2, 0) is 7.05 Å². The second kappa shape index (κ2) is 3.42. The Morgan fingerprint density at radius 3 is 2.93 bits per heavy atom. The van der Waals surface area contributed by atoms with Crippen LogP contribution in [0.1, 0.15) is 0 Å². The molecule has 0 aromatic carbocycles. The smallest absolute Gasteiger partial charge is 0.358 e. The molecule has 0 atom stereocenters. The average Bonchev–Trinajstić information content (AvgIpc) is 2.42. The molecule has 0 N–H and O–H groups in total. The molecule has 0 fully saturated rings. The number of halogens is 2. The van der Waals surface area contributed by atoms with Gasteiger partial charge >= 0.3 is 5.82 Å². The maximum atomic E-state index is 10.7. The topological polar surface area (TPSA) is 73.8 Å². The molecule has 8 heteroatoms. The molecule has 0 saturated carbocycles. The van der Waals surface area contributed by atoms with E-state index in [1.165, 1.54) is 4.68 Å². The third-order valence-electron chi connectivity index (χ3n) is 1.87. The van der Waals surface area contributed by atoms with E-state index in [1.54, 1.807) is 13.1 Å². The summed E-state index contributed by atoms with van der Waals surface area (Å²) in [6, 6.07) is 1.56. The Kier molecular flexibility index (Phi) is 2.35. The highest BCUT2D eigenvalue weighted by atomic mass is 79.9. The number of aromatic nitrogens is 3. The lowest BCUT2D eigenvalue weighted by molar-refractivity contribution is -0.388. The summed E-state index contributed by atoms with van der Waals surface area (Å²) in [5.74, 6) is -0.296. The Labute approximate surface area is 97.1 Å². The summed E-state index contributed by atoms with van der Waals surface area (Å²) in [4.78, 5) is 14.0. The molecule has 2 heterocycles. The number of nitro groups is 1. The quantitative estimate of drug-likeness (QED) is 0.459. The zero-order valence-electron chi connectivity index (χ0n) is 7.44. The van der Waals surface area contributed by atoms with E-state index in [0.29, 0.717) is 9.99 Å². The summed E-state index contributed by atoms with van der Waals surface area (Å²) in [7, 11) is 1.61. The lowest BCUT2D eigenvalue weighted by Crippen LogP contribution is -1.92. The molecule has 0 aliphatic heterocycles. The molecular formula is C7H4BrClN4O2. The number of pyridine rings is 1. The van der Waals surface area contributed by atoms with Crippen LogP contribution in [-0.4, -0.2) is 19.7 Å². The van der Waals surface area contributed by atoms with Gasteiger partial charge in [0.1, 0.15) is 10.7 Å². The van der Waals surface area contributed by atoms with E-state index in [1.807, 2.05) is 0 Å². The highest BCUT2D eigenvalue weighted by Crippen LogP contribution is 2.30. The van der Waals surface area contributed by atoms with Crippen LogP contribution in [0.2, 0.25) is 5.15 Å². The van der Waals surface area contributed by atoms with Crippen molar-refractivity contribution in [3.05, 3.63) is 25.8 Å². The Morgan fingerprint density at radius 1 is 1.67 bits per heavy atom. The lowest BCUT2D eigenvalue weighted by Gasteiger charge is -1.95. The van der Waals surface area contributed by atoms with Crippen molar-refractivity contribution < 1.29 is 4.92 Å². The molecule has 0 bridgehead atoms. The second-order valence-corrected chi connectivity index (χ2v) is 4.07. The first-order valence-electron chi connectivity index (χ1n) is 3.84. The van der Waals surface area contributed by atoms with E-state index in [9.17, 15) is 10.1 Å². The fourth-order valence-corrected chi connectivity index (χ4v) is 2.29. The fourth-order valence-electron chi connectivity index (χ4n) is 1.30. The summed E-state index contributed by atoms with van der Waals surface area (Å²) in [5.41, 5.74) is 0.730. The van der Waals surface area contributed by atoms with E-state index in [4.69, 9.17) is 11.6 Å². The Morgan fingerprint density at radius 2 is 2.33 bits per heavy atom. The predicted octanol–water partition coefficient (Wildman–Crippen LogP) is 2.29. The van der Waals surface area contributed by atoms with Crippen LogP contribution in [0.15, 0.2) is 10.5 Å². The van der Waals surface area contributed by atoms with E-state index < -0.39 is 4.92 Å². The van der Waals surface area contributed by atoms with Gasteiger partial charge in [0, 0.05) is 0 Å². The molecule has 0 unspecified atom stereocenters. The summed E-state index contributed by atoms with van der Waals surface area (Å²) < 4.78 is 2.02. The normalized spacial score (nSPS) is 10.9. The minimum atomic E-state index is -0.585. The maximum Gasteiger partial charge on any atom is 0.416 e. The number of rotatable bonds is 1. The summed E-state index contributed by atoms with van der Waals surface area (Å²) in [6.07, 6.45) is 0. The van der Waals surface area contributed by atoms with Crippen molar-refractivity contribution in [3.8, 4) is 0 Å². The van der Waals surface area contributed by atoms with Gasteiger partial charge in [-0.3, -0.25) is 0 Å². The van der Waals surface area contributed by atoms with Crippen molar-refractivity contribution in [1.29, 1.82) is 0 Å². The van der Waals surface area contributed by atoms with E-state index in [0.717, 1.165) is 0 Å². The SMILES string of the molecule is Cn1nc([N+](=O)[O-])c2nc(Cl)cc(Br)c21. The minimum absolute atomic E-state index is 0.182. The third kappa shape index (κ3) is 1.57. The van der Waals surface area contributed by atoms with Gasteiger partial charge < -0.3 is 10.1 Å². The van der Waals surface area contributed by atoms with Gasteiger partial charge in [-0.2, -0.15) is 4.68 Å². The molecular weight excluding hydrogens is 287 g/mol. The minimum Gasteiger partial charge on any atom is -0.358 e. The number of fused-ring (bicyclic) bond motifs is 1. The highest BCUT2D eigenvalue weighted by Gasteiger charge is 2.23. The molecule has 0 saturated heterocycles. The van der Waals surface area contributed by atoms with E-state index >= 15 is 0 Å². The van der Waals surface area contributed by atoms with Crippen molar-refractivity contribution >= 4 is 44.4 Å². The van der Waals surface area contributed by atoms with Crippen LogP contribution in [0.4, 0.5) is 5.82 Å². The second-order valence-electron chi connectivity index (χ2n) is 2.83. The standard InChI is InChI=1S/C7H4BrClN4O2/c1-12-6-3(8)2-4(9)10-5(6)7(11-12)13(14)15/h2H,1H3. The van der Waals surface area contributed by atoms with Crippen LogP contribution < -0.4 is 0 Å². The zero-order valence-corrected chi connectivity index (χ0v) is 9.78. The number of hydrogen-bond donors (Lipinski definition) is 0. The largest absolute Gasteiger partial charge is 0.416 e. The zero-order chi connectivity index (χ0) is 11.2. The van der Waals surface area contributed by atoms with Crippen molar-refractivity contribution in [3.63, 3.8) is 0 Å². The van der Waals surface area contributed by atoms with Crippen molar-refractivity contribution in [2.45, 2.75) is 0 Å². The molecule has 2 aromatic rings. The molecule has 0 aliphatic rings. The van der Waals surface area contributed by atoms with Crippen molar-refractivity contribution in [2.24, 2.45) is 7.05 Å². The molecule has 0 radical (unpaired) electrons. The molecule has 78 valence electrons. The Hall–Kier alpha value is -1.21. The van der Waals surface area contributed by atoms with Gasteiger partial charge in [0.2, 0.25) is 0 Å². The van der Waals surface area contributed by atoms with Crippen molar-refractivity contribution in [2.75, 3.05) is 0 Å². The van der Waals surface area contributed by atoms with Crippen LogP contribution >= 0.6 is 27.5 Å². The molecule has 2 rings (SSSR count). The molecule has 0 aliphatic carbocycles. The molecule has 15 heavy (non-hydrogen) atoms. The van der Waals surface area contributed by atoms with Gasteiger partial charge in [-0.1, -0.05) is 11.6 Å². The van der Waals surface area contributed by atoms with Crippen LogP contribution in [0.25, 0.3) is 11.0 Å². The average molecular weight is 291 g/mol. The summed E-state index contributed by atoms with van der Waals surface area (Å²) in [5, 5.41) is 14.6. The van der Waals surface area contributed by atoms with Gasteiger partial charge in [0.25, 0.3) is 0 Å². The van der Waals surface area contributed by atoms with Gasteiger partial charge in [-0.15, -0.1) is 0 Å². The van der Waals surface area contributed by atoms with Crippen LogP contribution in [0, 0.1) is 10.1 Å². The van der Waals surface area contributed by atoms with Gasteiger partial charge in [-0.25, -0.2) is 4.98 Å². The highest BCUT2D eigenvalue weighted by molar-refractivity contribution is 9.10. The fraction of sp³-hybridized carbons (Fsp3) is 0.143. The first-order chi connectivity index (χ1) is 7.00. The first-order valence-corrected chi connectivity index (χ1v) is 5.01. The molecule has 2 aromatic heterocycles. The van der Waals surface area contributed by atoms with Gasteiger partial charge in [-0.05, 0) is 26.9 Å². The molecule has 0 spiro atoms. The maximum absolute atomic E-state index is 10.7. The summed E-state index contributed by atoms with van der Waals surface area (Å²) in [6.45, 7) is 0. The predicted molar refractivity (Wildman–Crippen MR) is 57.9 cm³/mol. The monoisotopic (exact) mass is 290 g/mol. The van der Waals surface area contributed by atoms with E-state index in [-0.39, 0.29) is 16.5 Å². The lowest BCUT2D eigenvalue weighted by atomic mass is 10.4. The molecule has 6 nitrogen and oxygen atoms in total. The van der Waals surface area contributed by atoms with E-state index in [2.05, 4.69) is 26.0 Å². The molecule has 0 amide bonds. The summed E-state index contributed by atoms with van der Waals surface area (Å²) >= 11 is 8.96. The Bertz CT molecular complexity index is 568. The third-order valence-corrected chi connectivity index (χ3v) is 2.67. The number of nitrogens with zero attached hydrogens (tertiary/aromatic N) is 4. The number of aryl methyl sites for hydroxylation is 1. The van der Waals surface area contributed by atoms with Crippen LogP contribution in [0.3, 0.4) is 0 Å². The first kappa shape index (κ1) is 10.3. The Balaban J connectivity index is 2.93. The van der Waals surface area contributed by atoms with Crippen LogP contribution in [0.5, 0.6) is 0 Å².